The van der Waals surface area contributed by atoms with Crippen LogP contribution in [0.1, 0.15) is 43.7 Å². The second-order valence-electron chi connectivity index (χ2n) is 7.11. The molecule has 1 aliphatic rings. The number of benzene rings is 2. The van der Waals surface area contributed by atoms with Crippen molar-refractivity contribution in [3.63, 3.8) is 0 Å². The van der Waals surface area contributed by atoms with Crippen LogP contribution in [0.25, 0.3) is 0 Å². The Kier molecular flexibility index (Phi) is 7.45. The minimum Gasteiger partial charge on any atom is -0.496 e. The Morgan fingerprint density at radius 2 is 2.00 bits per heavy atom. The summed E-state index contributed by atoms with van der Waals surface area (Å²) in [6.07, 6.45) is 7.20. The lowest BCUT2D eigenvalue weighted by atomic mass is 9.87. The third kappa shape index (κ3) is 5.28. The molecular weight excluding hydrogens is 338 g/mol. The number of rotatable bonds is 9. The zero-order chi connectivity index (χ0) is 18.2. The van der Waals surface area contributed by atoms with Gasteiger partial charge in [0, 0.05) is 17.0 Å². The SMILES string of the molecule is CCC(CCCSc1ccccc1)NC1CCc2cccc(OC)c2C1. The van der Waals surface area contributed by atoms with E-state index in [0.717, 1.165) is 18.6 Å². The van der Waals surface area contributed by atoms with Crippen LogP contribution in [0.4, 0.5) is 0 Å². The molecule has 0 fully saturated rings. The van der Waals surface area contributed by atoms with Gasteiger partial charge in [0.25, 0.3) is 0 Å². The van der Waals surface area contributed by atoms with Crippen molar-refractivity contribution in [1.29, 1.82) is 0 Å². The number of fused-ring (bicyclic) bond motifs is 1. The second-order valence-corrected chi connectivity index (χ2v) is 8.28. The van der Waals surface area contributed by atoms with Gasteiger partial charge >= 0.3 is 0 Å². The minimum absolute atomic E-state index is 0.575. The number of hydrogen-bond acceptors (Lipinski definition) is 3. The Hall–Kier alpha value is -1.45. The fraction of sp³-hybridized carbons (Fsp3) is 0.478. The van der Waals surface area contributed by atoms with Crippen LogP contribution in [-0.2, 0) is 12.8 Å². The normalized spacial score (nSPS) is 17.5. The van der Waals surface area contributed by atoms with Crippen LogP contribution in [0, 0.1) is 0 Å². The van der Waals surface area contributed by atoms with Gasteiger partial charge in [-0.05, 0) is 73.6 Å². The van der Waals surface area contributed by atoms with E-state index in [1.165, 1.54) is 47.5 Å². The number of methoxy groups -OCH3 is 1. The standard InChI is InChI=1S/C23H31NOS/c1-3-19(10-8-16-26-21-11-5-4-6-12-21)24-20-15-14-18-9-7-13-23(25-2)22(18)17-20/h4-7,9,11-13,19-20,24H,3,8,10,14-17H2,1-2H3. The van der Waals surface area contributed by atoms with Crippen LogP contribution in [0.3, 0.4) is 0 Å². The van der Waals surface area contributed by atoms with Crippen LogP contribution >= 0.6 is 11.8 Å². The largest absolute Gasteiger partial charge is 0.496 e. The van der Waals surface area contributed by atoms with E-state index < -0.39 is 0 Å². The maximum Gasteiger partial charge on any atom is 0.122 e. The molecule has 2 aromatic carbocycles. The van der Waals surface area contributed by atoms with Crippen LogP contribution in [0.15, 0.2) is 53.4 Å². The molecule has 3 rings (SSSR count). The molecule has 1 aliphatic carbocycles. The Bertz CT molecular complexity index is 659. The topological polar surface area (TPSA) is 21.3 Å². The average Bonchev–Trinajstić information content (AvgIpc) is 2.70. The summed E-state index contributed by atoms with van der Waals surface area (Å²) < 4.78 is 5.58. The average molecular weight is 370 g/mol. The van der Waals surface area contributed by atoms with Crippen molar-refractivity contribution in [2.45, 2.75) is 62.4 Å². The number of ether oxygens (including phenoxy) is 1. The Morgan fingerprint density at radius 3 is 2.77 bits per heavy atom. The lowest BCUT2D eigenvalue weighted by Crippen LogP contribution is -2.41. The van der Waals surface area contributed by atoms with Crippen molar-refractivity contribution in [2.75, 3.05) is 12.9 Å². The lowest BCUT2D eigenvalue weighted by molar-refractivity contribution is 0.357. The van der Waals surface area contributed by atoms with E-state index in [1.807, 2.05) is 11.8 Å². The van der Waals surface area contributed by atoms with E-state index >= 15 is 0 Å². The highest BCUT2D eigenvalue weighted by molar-refractivity contribution is 7.99. The predicted octanol–water partition coefficient (Wildman–Crippen LogP) is 5.49. The van der Waals surface area contributed by atoms with Gasteiger partial charge in [0.05, 0.1) is 7.11 Å². The highest BCUT2D eigenvalue weighted by Crippen LogP contribution is 2.30. The number of thioether (sulfide) groups is 1. The first-order valence-electron chi connectivity index (χ1n) is 9.88. The molecule has 0 aliphatic heterocycles. The fourth-order valence-corrected chi connectivity index (χ4v) is 4.76. The van der Waals surface area contributed by atoms with Gasteiger partial charge in [0.1, 0.15) is 5.75 Å². The molecule has 0 radical (unpaired) electrons. The van der Waals surface area contributed by atoms with Gasteiger partial charge in [-0.2, -0.15) is 0 Å². The fourth-order valence-electron chi connectivity index (χ4n) is 3.86. The highest BCUT2D eigenvalue weighted by Gasteiger charge is 2.23. The van der Waals surface area contributed by atoms with Gasteiger partial charge in [0.15, 0.2) is 0 Å². The molecule has 2 unspecified atom stereocenters. The Labute approximate surface area is 162 Å². The van der Waals surface area contributed by atoms with Crippen LogP contribution in [0.5, 0.6) is 5.75 Å². The van der Waals surface area contributed by atoms with E-state index in [4.69, 9.17) is 4.74 Å². The summed E-state index contributed by atoms with van der Waals surface area (Å²) in [7, 11) is 1.78. The van der Waals surface area contributed by atoms with Crippen molar-refractivity contribution in [3.8, 4) is 5.75 Å². The summed E-state index contributed by atoms with van der Waals surface area (Å²) in [5.74, 6) is 2.25. The second kappa shape index (κ2) is 10.0. The molecule has 2 nitrogen and oxygen atoms in total. The van der Waals surface area contributed by atoms with E-state index in [2.05, 4.69) is 60.8 Å². The first kappa shape index (κ1) is 19.3. The molecule has 0 aromatic heterocycles. The van der Waals surface area contributed by atoms with Gasteiger partial charge < -0.3 is 10.1 Å². The molecule has 0 amide bonds. The predicted molar refractivity (Wildman–Crippen MR) is 112 cm³/mol. The van der Waals surface area contributed by atoms with Gasteiger partial charge in [0.2, 0.25) is 0 Å². The van der Waals surface area contributed by atoms with Gasteiger partial charge in [-0.15, -0.1) is 11.8 Å². The van der Waals surface area contributed by atoms with Crippen molar-refractivity contribution in [2.24, 2.45) is 0 Å². The maximum absolute atomic E-state index is 5.58. The summed E-state index contributed by atoms with van der Waals surface area (Å²) in [6.45, 7) is 2.30. The molecule has 3 heteroatoms. The quantitative estimate of drug-likeness (QED) is 0.466. The first-order chi connectivity index (χ1) is 12.8. The Morgan fingerprint density at radius 1 is 1.15 bits per heavy atom. The highest BCUT2D eigenvalue weighted by atomic mass is 32.2. The molecule has 0 bridgehead atoms. The molecule has 0 saturated heterocycles. The molecule has 0 spiro atoms. The zero-order valence-corrected chi connectivity index (χ0v) is 16.9. The van der Waals surface area contributed by atoms with E-state index in [-0.39, 0.29) is 0 Å². The third-order valence-corrected chi connectivity index (χ3v) is 6.43. The monoisotopic (exact) mass is 369 g/mol. The number of hydrogen-bond donors (Lipinski definition) is 1. The van der Waals surface area contributed by atoms with Crippen molar-refractivity contribution >= 4 is 11.8 Å². The van der Waals surface area contributed by atoms with E-state index in [0.29, 0.717) is 12.1 Å². The summed E-state index contributed by atoms with van der Waals surface area (Å²) in [4.78, 5) is 1.38. The smallest absolute Gasteiger partial charge is 0.122 e. The minimum atomic E-state index is 0.575. The molecule has 2 aromatic rings. The van der Waals surface area contributed by atoms with Crippen molar-refractivity contribution in [3.05, 3.63) is 59.7 Å². The summed E-state index contributed by atoms with van der Waals surface area (Å²) >= 11 is 1.97. The van der Waals surface area contributed by atoms with Crippen LogP contribution in [0.2, 0.25) is 0 Å². The van der Waals surface area contributed by atoms with Gasteiger partial charge in [-0.3, -0.25) is 0 Å². The molecule has 140 valence electrons. The van der Waals surface area contributed by atoms with Gasteiger partial charge in [-0.25, -0.2) is 0 Å². The summed E-state index contributed by atoms with van der Waals surface area (Å²) in [5.41, 5.74) is 2.88. The van der Waals surface area contributed by atoms with E-state index in [1.54, 1.807) is 7.11 Å². The van der Waals surface area contributed by atoms with E-state index in [9.17, 15) is 0 Å². The van der Waals surface area contributed by atoms with Crippen molar-refractivity contribution < 1.29 is 4.74 Å². The molecule has 2 atom stereocenters. The molecule has 1 N–H and O–H groups in total. The Balaban J connectivity index is 1.46. The molecule has 0 heterocycles. The zero-order valence-electron chi connectivity index (χ0n) is 16.0. The van der Waals surface area contributed by atoms with Crippen LogP contribution < -0.4 is 10.1 Å². The molecular formula is C23H31NOS. The summed E-state index contributed by atoms with van der Waals surface area (Å²) in [5, 5.41) is 3.93. The third-order valence-electron chi connectivity index (χ3n) is 5.34. The number of aryl methyl sites for hydroxylation is 1. The molecule has 0 saturated carbocycles. The van der Waals surface area contributed by atoms with Crippen LogP contribution in [-0.4, -0.2) is 24.9 Å². The maximum atomic E-state index is 5.58. The molecule has 26 heavy (non-hydrogen) atoms. The summed E-state index contributed by atoms with van der Waals surface area (Å²) in [6, 6.07) is 18.4. The first-order valence-corrected chi connectivity index (χ1v) is 10.9. The lowest BCUT2D eigenvalue weighted by Gasteiger charge is -2.30. The number of nitrogens with one attached hydrogen (secondary N) is 1. The van der Waals surface area contributed by atoms with Crippen molar-refractivity contribution in [1.82, 2.24) is 5.32 Å². The van der Waals surface area contributed by atoms with Gasteiger partial charge in [-0.1, -0.05) is 37.3 Å².